The predicted octanol–water partition coefficient (Wildman–Crippen LogP) is 1.31. The van der Waals surface area contributed by atoms with E-state index in [1.807, 2.05) is 0 Å². The highest BCUT2D eigenvalue weighted by Gasteiger charge is 2.17. The van der Waals surface area contributed by atoms with Crippen LogP contribution in [0.4, 0.5) is 0 Å². The maximum Gasteiger partial charge on any atom is 0.259 e. The average Bonchev–Trinajstić information content (AvgIpc) is 3.15. The second-order valence-electron chi connectivity index (χ2n) is 5.95. The fraction of sp³-hybridized carbons (Fsp3) is 0.444. The van der Waals surface area contributed by atoms with Gasteiger partial charge in [0.15, 0.2) is 11.5 Å². The summed E-state index contributed by atoms with van der Waals surface area (Å²) < 4.78 is 17.5. The van der Waals surface area contributed by atoms with E-state index >= 15 is 0 Å². The maximum atomic E-state index is 12.7. The number of benzene rings is 1. The van der Waals surface area contributed by atoms with E-state index in [0.717, 1.165) is 19.4 Å². The molecule has 1 aliphatic heterocycles. The van der Waals surface area contributed by atoms with Gasteiger partial charge in [-0.3, -0.25) is 9.59 Å². The van der Waals surface area contributed by atoms with Gasteiger partial charge in [-0.15, -0.1) is 0 Å². The number of nitrogens with one attached hydrogen (secondary N) is 1. The van der Waals surface area contributed by atoms with Crippen LogP contribution in [0.3, 0.4) is 0 Å². The minimum absolute atomic E-state index is 0.0319. The Kier molecular flexibility index (Phi) is 5.23. The van der Waals surface area contributed by atoms with E-state index in [2.05, 4.69) is 5.32 Å². The Balaban J connectivity index is 1.79. The molecule has 1 aromatic carbocycles. The summed E-state index contributed by atoms with van der Waals surface area (Å²) >= 11 is 0. The van der Waals surface area contributed by atoms with Gasteiger partial charge in [-0.2, -0.15) is 0 Å². The lowest BCUT2D eigenvalue weighted by atomic mass is 10.1. The molecule has 0 aliphatic carbocycles. The van der Waals surface area contributed by atoms with Crippen molar-refractivity contribution in [3.8, 4) is 11.5 Å². The van der Waals surface area contributed by atoms with Crippen LogP contribution >= 0.6 is 0 Å². The van der Waals surface area contributed by atoms with Crippen molar-refractivity contribution in [1.29, 1.82) is 0 Å². The monoisotopic (exact) mass is 346 g/mol. The van der Waals surface area contributed by atoms with E-state index in [0.29, 0.717) is 28.8 Å². The quantitative estimate of drug-likeness (QED) is 0.853. The van der Waals surface area contributed by atoms with Gasteiger partial charge in [-0.05, 0) is 31.0 Å². The first-order valence-corrected chi connectivity index (χ1v) is 8.26. The molecule has 7 heteroatoms. The van der Waals surface area contributed by atoms with Crippen LogP contribution in [0.1, 0.15) is 12.8 Å². The van der Waals surface area contributed by atoms with Crippen molar-refractivity contribution in [3.05, 3.63) is 34.7 Å². The van der Waals surface area contributed by atoms with Crippen LogP contribution in [-0.4, -0.2) is 43.9 Å². The average molecular weight is 346 g/mol. The number of ether oxygens (including phenoxy) is 3. The standard InChI is InChI=1S/C18H22N2O5/c1-23-15-6-5-14-13(17(15)24-2)7-8-20(18(14)22)11-16(21)19-10-12-4-3-9-25-12/h5-8,12H,3-4,9-11H2,1-2H3,(H,19,21)/t12-/m0/s1. The van der Waals surface area contributed by atoms with Gasteiger partial charge >= 0.3 is 0 Å². The summed E-state index contributed by atoms with van der Waals surface area (Å²) in [6, 6.07) is 5.12. The molecular weight excluding hydrogens is 324 g/mol. The molecule has 0 bridgehead atoms. The Hall–Kier alpha value is -2.54. The predicted molar refractivity (Wildman–Crippen MR) is 93.3 cm³/mol. The third-order valence-electron chi connectivity index (χ3n) is 4.36. The summed E-state index contributed by atoms with van der Waals surface area (Å²) in [6.45, 7) is 1.19. The molecule has 1 fully saturated rings. The van der Waals surface area contributed by atoms with Crippen molar-refractivity contribution >= 4 is 16.7 Å². The third kappa shape index (κ3) is 3.61. The van der Waals surface area contributed by atoms with Gasteiger partial charge in [-0.25, -0.2) is 0 Å². The van der Waals surface area contributed by atoms with Gasteiger partial charge in [-0.1, -0.05) is 0 Å². The molecule has 0 spiro atoms. The highest BCUT2D eigenvalue weighted by molar-refractivity contribution is 5.90. The molecular formula is C18H22N2O5. The first-order valence-electron chi connectivity index (χ1n) is 8.26. The fourth-order valence-electron chi connectivity index (χ4n) is 3.06. The number of amides is 1. The number of hydrogen-bond donors (Lipinski definition) is 1. The molecule has 1 saturated heterocycles. The number of aromatic nitrogens is 1. The summed E-state index contributed by atoms with van der Waals surface area (Å²) in [6.07, 6.45) is 3.65. The second-order valence-corrected chi connectivity index (χ2v) is 5.95. The van der Waals surface area contributed by atoms with Gasteiger partial charge in [0, 0.05) is 24.7 Å². The van der Waals surface area contributed by atoms with Crippen LogP contribution in [0, 0.1) is 0 Å². The smallest absolute Gasteiger partial charge is 0.259 e. The first-order chi connectivity index (χ1) is 12.1. The zero-order chi connectivity index (χ0) is 17.8. The van der Waals surface area contributed by atoms with Crippen molar-refractivity contribution in [2.45, 2.75) is 25.5 Å². The van der Waals surface area contributed by atoms with Crippen molar-refractivity contribution in [2.24, 2.45) is 0 Å². The highest BCUT2D eigenvalue weighted by atomic mass is 16.5. The number of methoxy groups -OCH3 is 2. The number of carbonyl (C=O) groups excluding carboxylic acids is 1. The lowest BCUT2D eigenvalue weighted by Crippen LogP contribution is -2.36. The normalized spacial score (nSPS) is 16.8. The van der Waals surface area contributed by atoms with E-state index in [9.17, 15) is 9.59 Å². The van der Waals surface area contributed by atoms with Gasteiger partial charge in [0.05, 0.1) is 25.7 Å². The molecule has 1 N–H and O–H groups in total. The van der Waals surface area contributed by atoms with Gasteiger partial charge in [0.1, 0.15) is 6.54 Å². The van der Waals surface area contributed by atoms with E-state index in [-0.39, 0.29) is 24.1 Å². The number of rotatable bonds is 6. The van der Waals surface area contributed by atoms with Crippen molar-refractivity contribution in [2.75, 3.05) is 27.4 Å². The van der Waals surface area contributed by atoms with E-state index < -0.39 is 0 Å². The highest BCUT2D eigenvalue weighted by Crippen LogP contribution is 2.33. The van der Waals surface area contributed by atoms with Crippen LogP contribution in [0.5, 0.6) is 11.5 Å². The lowest BCUT2D eigenvalue weighted by molar-refractivity contribution is -0.122. The Bertz CT molecular complexity index is 824. The Morgan fingerprint density at radius 3 is 2.80 bits per heavy atom. The number of pyridine rings is 1. The van der Waals surface area contributed by atoms with Gasteiger partial charge in [0.2, 0.25) is 5.91 Å². The zero-order valence-corrected chi connectivity index (χ0v) is 14.4. The maximum absolute atomic E-state index is 12.7. The van der Waals surface area contributed by atoms with Crippen molar-refractivity contribution in [1.82, 2.24) is 9.88 Å². The van der Waals surface area contributed by atoms with Gasteiger partial charge < -0.3 is 24.1 Å². The minimum atomic E-state index is -0.245. The van der Waals surface area contributed by atoms with Gasteiger partial charge in [0.25, 0.3) is 5.56 Å². The Morgan fingerprint density at radius 2 is 2.12 bits per heavy atom. The molecule has 1 aliphatic rings. The topological polar surface area (TPSA) is 78.8 Å². The lowest BCUT2D eigenvalue weighted by Gasteiger charge is -2.13. The molecule has 3 rings (SSSR count). The molecule has 0 radical (unpaired) electrons. The molecule has 7 nitrogen and oxygen atoms in total. The molecule has 134 valence electrons. The van der Waals surface area contributed by atoms with Crippen molar-refractivity contribution < 1.29 is 19.0 Å². The molecule has 1 amide bonds. The summed E-state index contributed by atoms with van der Waals surface area (Å²) in [5.74, 6) is 0.853. The number of fused-ring (bicyclic) bond motifs is 1. The minimum Gasteiger partial charge on any atom is -0.493 e. The molecule has 0 unspecified atom stereocenters. The van der Waals surface area contributed by atoms with Crippen LogP contribution in [0.2, 0.25) is 0 Å². The van der Waals surface area contributed by atoms with E-state index in [1.165, 1.54) is 11.7 Å². The summed E-state index contributed by atoms with van der Waals surface area (Å²) in [7, 11) is 3.07. The van der Waals surface area contributed by atoms with Crippen LogP contribution in [-0.2, 0) is 16.1 Å². The largest absolute Gasteiger partial charge is 0.493 e. The van der Waals surface area contributed by atoms with E-state index in [4.69, 9.17) is 14.2 Å². The number of hydrogen-bond acceptors (Lipinski definition) is 5. The van der Waals surface area contributed by atoms with Crippen LogP contribution in [0.15, 0.2) is 29.2 Å². The molecule has 1 atom stereocenters. The number of nitrogens with zero attached hydrogens (tertiary/aromatic N) is 1. The molecule has 0 saturated carbocycles. The Labute approximate surface area is 145 Å². The molecule has 25 heavy (non-hydrogen) atoms. The number of carbonyl (C=O) groups is 1. The summed E-state index contributed by atoms with van der Waals surface area (Å²) in [4.78, 5) is 24.8. The Morgan fingerprint density at radius 1 is 1.28 bits per heavy atom. The summed E-state index contributed by atoms with van der Waals surface area (Å²) in [5, 5.41) is 3.96. The van der Waals surface area contributed by atoms with Crippen LogP contribution < -0.4 is 20.3 Å². The van der Waals surface area contributed by atoms with Crippen LogP contribution in [0.25, 0.3) is 10.8 Å². The molecule has 1 aromatic heterocycles. The first kappa shape index (κ1) is 17.3. The fourth-order valence-corrected chi connectivity index (χ4v) is 3.06. The third-order valence-corrected chi connectivity index (χ3v) is 4.36. The zero-order valence-electron chi connectivity index (χ0n) is 14.4. The van der Waals surface area contributed by atoms with Crippen molar-refractivity contribution in [3.63, 3.8) is 0 Å². The molecule has 2 aromatic rings. The second kappa shape index (κ2) is 7.57. The summed E-state index contributed by atoms with van der Waals surface area (Å²) in [5.41, 5.74) is -0.245. The molecule has 2 heterocycles. The SMILES string of the molecule is COc1ccc2c(=O)n(CC(=O)NC[C@@H]3CCCO3)ccc2c1OC. The van der Waals surface area contributed by atoms with E-state index in [1.54, 1.807) is 31.5 Å².